The number of benzene rings is 3. The monoisotopic (exact) mass is 673 g/mol. The highest BCUT2D eigenvalue weighted by atomic mass is 16.5. The number of aromatic carboxylic acids is 1. The molecule has 1 aromatic heterocycles. The Labute approximate surface area is 290 Å². The highest BCUT2D eigenvalue weighted by Gasteiger charge is 2.61. The van der Waals surface area contributed by atoms with Gasteiger partial charge in [-0.3, -0.25) is 9.59 Å². The van der Waals surface area contributed by atoms with Gasteiger partial charge in [-0.25, -0.2) is 9.78 Å². The van der Waals surface area contributed by atoms with Crippen molar-refractivity contribution in [3.8, 4) is 17.6 Å². The first kappa shape index (κ1) is 33.0. The third kappa shape index (κ3) is 5.76. The number of para-hydroxylation sites is 1. The van der Waals surface area contributed by atoms with Gasteiger partial charge in [-0.1, -0.05) is 93.6 Å². The molecule has 0 aliphatic carbocycles. The van der Waals surface area contributed by atoms with Gasteiger partial charge >= 0.3 is 11.9 Å². The molecule has 1 unspecified atom stereocenters. The number of rotatable bonds is 8. The Balaban J connectivity index is 1.36. The molecule has 0 radical (unpaired) electrons. The summed E-state index contributed by atoms with van der Waals surface area (Å²) in [6.45, 7) is 6.00. The average molecular weight is 674 g/mol. The number of oxazole rings is 1. The minimum Gasteiger partial charge on any atom is -0.476 e. The van der Waals surface area contributed by atoms with Crippen molar-refractivity contribution in [1.82, 2.24) is 10.3 Å². The second-order valence-electron chi connectivity index (χ2n) is 13.4. The highest BCUT2D eigenvalue weighted by Crippen LogP contribution is 2.59. The van der Waals surface area contributed by atoms with E-state index in [-0.39, 0.29) is 48.6 Å². The van der Waals surface area contributed by atoms with Crippen LogP contribution in [0.4, 0.5) is 5.69 Å². The second kappa shape index (κ2) is 13.4. The molecule has 1 spiro atoms. The topological polar surface area (TPSA) is 140 Å². The Morgan fingerprint density at radius 3 is 2.66 bits per heavy atom. The number of carboxylic acid groups (broad SMARTS) is 1. The van der Waals surface area contributed by atoms with Gasteiger partial charge in [0.15, 0.2) is 17.7 Å². The predicted molar refractivity (Wildman–Crippen MR) is 184 cm³/mol. The smallest absolute Gasteiger partial charge is 0.358 e. The maximum Gasteiger partial charge on any atom is 0.358 e. The SMILES string of the molecule is CCCCC#Cc1cccc2c1N[C@H]1Oc3ccc4cc3C21c1oc(nc1C(=O)O)[C@H](C(C)C)NC(=O)[C@@H](CC(=O)OCc1ccccc1)C4. The van der Waals surface area contributed by atoms with Crippen LogP contribution in [-0.4, -0.2) is 34.2 Å². The third-order valence-electron chi connectivity index (χ3n) is 9.69. The largest absolute Gasteiger partial charge is 0.476 e. The molecule has 256 valence electrons. The van der Waals surface area contributed by atoms with Gasteiger partial charge in [-0.2, -0.15) is 0 Å². The summed E-state index contributed by atoms with van der Waals surface area (Å²) < 4.78 is 18.7. The number of hydrogen-bond donors (Lipinski definition) is 3. The standard InChI is InChI=1S/C40H39N3O7/c1-4-5-6-10-14-26-15-11-16-28-33(26)43-39-40(28)29-20-25(17-18-30(29)49-39)19-27(21-31(44)48-22-24-12-8-7-9-13-24)36(45)41-32(23(2)3)37-42-34(38(46)47)35(40)50-37/h7-9,11-13,15-18,20,23,27,32,39,43H,4-6,19,21-22H2,1-3H3,(H,41,45)(H,46,47)/t27-,32+,39+,40?/m1/s1. The molecule has 0 saturated heterocycles. The number of fused-ring (bicyclic) bond motifs is 4. The van der Waals surface area contributed by atoms with Crippen LogP contribution in [0.1, 0.15) is 102 Å². The number of unbranched alkanes of at least 4 members (excludes halogenated alkanes) is 2. The van der Waals surface area contributed by atoms with Crippen molar-refractivity contribution in [1.29, 1.82) is 0 Å². The summed E-state index contributed by atoms with van der Waals surface area (Å²) in [6.07, 6.45) is 2.09. The number of carboxylic acids is 1. The lowest BCUT2D eigenvalue weighted by molar-refractivity contribution is -0.148. The first-order chi connectivity index (χ1) is 24.2. The second-order valence-corrected chi connectivity index (χ2v) is 13.4. The van der Waals surface area contributed by atoms with Crippen LogP contribution in [0, 0.1) is 23.7 Å². The molecule has 3 N–H and O–H groups in total. The number of carbonyl (C=O) groups is 3. The normalized spacial score (nSPS) is 21.3. The lowest BCUT2D eigenvalue weighted by atomic mass is 9.72. The molecule has 4 bridgehead atoms. The van der Waals surface area contributed by atoms with Crippen molar-refractivity contribution in [3.05, 3.63) is 112 Å². The van der Waals surface area contributed by atoms with E-state index < -0.39 is 35.5 Å². The zero-order valence-corrected chi connectivity index (χ0v) is 28.2. The maximum absolute atomic E-state index is 14.0. The van der Waals surface area contributed by atoms with Gasteiger partial charge in [-0.15, -0.1) is 0 Å². The molecular weight excluding hydrogens is 634 g/mol. The van der Waals surface area contributed by atoms with Crippen LogP contribution >= 0.6 is 0 Å². The summed E-state index contributed by atoms with van der Waals surface area (Å²) in [5, 5.41) is 17.1. The van der Waals surface area contributed by atoms with Crippen LogP contribution in [0.15, 0.2) is 71.1 Å². The van der Waals surface area contributed by atoms with Crippen LogP contribution < -0.4 is 15.4 Å². The first-order valence-corrected chi connectivity index (χ1v) is 17.1. The molecule has 1 amide bonds. The number of esters is 1. The Morgan fingerprint density at radius 1 is 1.08 bits per heavy atom. The number of nitrogens with one attached hydrogen (secondary N) is 2. The van der Waals surface area contributed by atoms with Crippen LogP contribution in [0.3, 0.4) is 0 Å². The minimum absolute atomic E-state index is 0.0634. The molecule has 50 heavy (non-hydrogen) atoms. The van der Waals surface area contributed by atoms with E-state index >= 15 is 0 Å². The molecule has 7 rings (SSSR count). The van der Waals surface area contributed by atoms with E-state index in [0.717, 1.165) is 47.2 Å². The van der Waals surface area contributed by atoms with Gasteiger partial charge in [0, 0.05) is 23.1 Å². The van der Waals surface area contributed by atoms with E-state index in [1.165, 1.54) is 0 Å². The average Bonchev–Trinajstić information content (AvgIpc) is 3.78. The number of hydrogen-bond acceptors (Lipinski definition) is 8. The summed E-state index contributed by atoms with van der Waals surface area (Å²) in [4.78, 5) is 44.7. The zero-order valence-electron chi connectivity index (χ0n) is 28.2. The van der Waals surface area contributed by atoms with Gasteiger partial charge < -0.3 is 29.6 Å². The molecule has 4 atom stereocenters. The summed E-state index contributed by atoms with van der Waals surface area (Å²) in [5.41, 5.74) is 3.06. The van der Waals surface area contributed by atoms with Crippen LogP contribution in [0.2, 0.25) is 0 Å². The number of nitrogens with zero attached hydrogens (tertiary/aromatic N) is 1. The fourth-order valence-corrected chi connectivity index (χ4v) is 7.16. The fourth-order valence-electron chi connectivity index (χ4n) is 7.16. The first-order valence-electron chi connectivity index (χ1n) is 17.1. The van der Waals surface area contributed by atoms with E-state index in [9.17, 15) is 19.5 Å². The van der Waals surface area contributed by atoms with Crippen LogP contribution in [0.5, 0.6) is 5.75 Å². The van der Waals surface area contributed by atoms with E-state index in [4.69, 9.17) is 13.9 Å². The molecule has 10 nitrogen and oxygen atoms in total. The summed E-state index contributed by atoms with van der Waals surface area (Å²) in [6, 6.07) is 20.0. The summed E-state index contributed by atoms with van der Waals surface area (Å²) in [7, 11) is 0. The van der Waals surface area contributed by atoms with Crippen LogP contribution in [-0.2, 0) is 32.8 Å². The number of amides is 1. The Morgan fingerprint density at radius 2 is 1.90 bits per heavy atom. The van der Waals surface area contributed by atoms with Crippen molar-refractivity contribution < 1.29 is 33.4 Å². The Bertz CT molecular complexity index is 2030. The van der Waals surface area contributed by atoms with Crippen LogP contribution in [0.25, 0.3) is 0 Å². The molecule has 10 heteroatoms. The predicted octanol–water partition coefficient (Wildman–Crippen LogP) is 6.51. The number of aromatic nitrogens is 1. The lowest BCUT2D eigenvalue weighted by Crippen LogP contribution is -2.41. The van der Waals surface area contributed by atoms with E-state index in [0.29, 0.717) is 11.3 Å². The van der Waals surface area contributed by atoms with E-state index in [2.05, 4.69) is 34.4 Å². The maximum atomic E-state index is 14.0. The van der Waals surface area contributed by atoms with Crippen molar-refractivity contribution in [2.24, 2.45) is 11.8 Å². The molecule has 0 saturated carbocycles. The number of ether oxygens (including phenoxy) is 2. The molecule has 4 aromatic rings. The summed E-state index contributed by atoms with van der Waals surface area (Å²) >= 11 is 0. The van der Waals surface area contributed by atoms with Crippen molar-refractivity contribution in [2.45, 2.75) is 77.2 Å². The quantitative estimate of drug-likeness (QED) is 0.108. The molecular formula is C40H39N3O7. The van der Waals surface area contributed by atoms with Gasteiger partial charge in [0.2, 0.25) is 11.8 Å². The van der Waals surface area contributed by atoms with Gasteiger partial charge in [0.05, 0.1) is 18.0 Å². The third-order valence-corrected chi connectivity index (χ3v) is 9.69. The molecule has 4 heterocycles. The minimum atomic E-state index is -1.26. The number of anilines is 1. The molecule has 3 aliphatic heterocycles. The summed E-state index contributed by atoms with van der Waals surface area (Å²) in [5.74, 6) is 4.12. The van der Waals surface area contributed by atoms with Gasteiger partial charge in [0.25, 0.3) is 0 Å². The van der Waals surface area contributed by atoms with Crippen molar-refractivity contribution >= 4 is 23.5 Å². The molecule has 0 fully saturated rings. The van der Waals surface area contributed by atoms with Gasteiger partial charge in [-0.05, 0) is 42.0 Å². The highest BCUT2D eigenvalue weighted by molar-refractivity contribution is 5.90. The van der Waals surface area contributed by atoms with Gasteiger partial charge in [0.1, 0.15) is 23.8 Å². The Hall–Kier alpha value is -5.56. The molecule has 3 aromatic carbocycles. The number of carbonyl (C=O) groups excluding carboxylic acids is 2. The van der Waals surface area contributed by atoms with Crippen molar-refractivity contribution in [3.63, 3.8) is 0 Å². The van der Waals surface area contributed by atoms with E-state index in [1.54, 1.807) is 0 Å². The Kier molecular flexibility index (Phi) is 8.83. The van der Waals surface area contributed by atoms with Crippen molar-refractivity contribution in [2.75, 3.05) is 5.32 Å². The van der Waals surface area contributed by atoms with E-state index in [1.807, 2.05) is 80.6 Å². The lowest BCUT2D eigenvalue weighted by Gasteiger charge is -2.28. The zero-order chi connectivity index (χ0) is 35.0. The fraction of sp³-hybridized carbons (Fsp3) is 0.350. The molecule has 3 aliphatic rings.